The Labute approximate surface area is 143 Å². The van der Waals surface area contributed by atoms with Crippen LogP contribution < -0.4 is 14.8 Å². The normalized spacial score (nSPS) is 19.1. The Morgan fingerprint density at radius 3 is 2.75 bits per heavy atom. The van der Waals surface area contributed by atoms with Gasteiger partial charge in [-0.05, 0) is 48.6 Å². The molecule has 1 aliphatic rings. The molecule has 1 aliphatic carbocycles. The number of aryl methyl sites for hydroxylation is 1. The Bertz CT molecular complexity index is 701. The van der Waals surface area contributed by atoms with Crippen LogP contribution in [0.15, 0.2) is 42.5 Å². The van der Waals surface area contributed by atoms with Gasteiger partial charge in [0.1, 0.15) is 0 Å². The van der Waals surface area contributed by atoms with Crippen LogP contribution in [0.3, 0.4) is 0 Å². The maximum Gasteiger partial charge on any atom is 0.161 e. The van der Waals surface area contributed by atoms with E-state index >= 15 is 0 Å². The van der Waals surface area contributed by atoms with Crippen LogP contribution in [-0.4, -0.2) is 25.4 Å². The quantitative estimate of drug-likeness (QED) is 0.821. The molecule has 0 heterocycles. The number of rotatable bonds is 7. The third-order valence-corrected chi connectivity index (χ3v) is 4.78. The molecule has 0 saturated carbocycles. The van der Waals surface area contributed by atoms with E-state index in [9.17, 15) is 5.11 Å². The third kappa shape index (κ3) is 3.12. The molecule has 3 rings (SSSR count). The number of hydrogen-bond acceptors (Lipinski definition) is 4. The van der Waals surface area contributed by atoms with Crippen LogP contribution in [0.1, 0.15) is 30.0 Å². The molecule has 0 spiro atoms. The van der Waals surface area contributed by atoms with Crippen LogP contribution in [0.5, 0.6) is 11.5 Å². The zero-order chi connectivity index (χ0) is 17.0. The summed E-state index contributed by atoms with van der Waals surface area (Å²) in [6, 6.07) is 14.3. The minimum absolute atomic E-state index is 0.0957. The monoisotopic (exact) mass is 327 g/mol. The van der Waals surface area contributed by atoms with E-state index in [1.54, 1.807) is 7.11 Å². The van der Waals surface area contributed by atoms with Crippen molar-refractivity contribution < 1.29 is 14.6 Å². The Morgan fingerprint density at radius 2 is 2.00 bits per heavy atom. The summed E-state index contributed by atoms with van der Waals surface area (Å²) in [5.41, 5.74) is 3.29. The number of hydrogen-bond donors (Lipinski definition) is 2. The number of fused-ring (bicyclic) bond motifs is 1. The molecule has 2 aromatic rings. The predicted octanol–water partition coefficient (Wildman–Crippen LogP) is 3.02. The summed E-state index contributed by atoms with van der Waals surface area (Å²) in [6.45, 7) is 3.32. The summed E-state index contributed by atoms with van der Waals surface area (Å²) in [4.78, 5) is 0. The first-order valence-corrected chi connectivity index (χ1v) is 8.46. The average molecular weight is 327 g/mol. The first kappa shape index (κ1) is 16.8. The number of nitrogens with one attached hydrogen (secondary N) is 1. The van der Waals surface area contributed by atoms with Gasteiger partial charge in [-0.15, -0.1) is 0 Å². The molecule has 0 aliphatic heterocycles. The Balaban J connectivity index is 1.79. The minimum atomic E-state index is -0.359. The van der Waals surface area contributed by atoms with Crippen molar-refractivity contribution in [2.45, 2.75) is 31.8 Å². The van der Waals surface area contributed by atoms with E-state index in [-0.39, 0.29) is 12.1 Å². The molecule has 0 amide bonds. The summed E-state index contributed by atoms with van der Waals surface area (Å²) in [7, 11) is 1.64. The van der Waals surface area contributed by atoms with Crippen molar-refractivity contribution in [3.05, 3.63) is 59.2 Å². The lowest BCUT2D eigenvalue weighted by atomic mass is 9.92. The summed E-state index contributed by atoms with van der Waals surface area (Å²) in [6.07, 6.45) is 1.91. The lowest BCUT2D eigenvalue weighted by molar-refractivity contribution is 0.159. The minimum Gasteiger partial charge on any atom is -0.493 e. The van der Waals surface area contributed by atoms with E-state index in [0.29, 0.717) is 13.2 Å². The summed E-state index contributed by atoms with van der Waals surface area (Å²) < 4.78 is 11.0. The number of aliphatic hydroxyl groups is 1. The van der Waals surface area contributed by atoms with Crippen LogP contribution in [0.2, 0.25) is 0 Å². The van der Waals surface area contributed by atoms with E-state index in [1.807, 2.05) is 31.2 Å². The molecule has 2 aromatic carbocycles. The van der Waals surface area contributed by atoms with Gasteiger partial charge in [0.15, 0.2) is 11.5 Å². The first-order chi connectivity index (χ1) is 11.7. The van der Waals surface area contributed by atoms with Gasteiger partial charge < -0.3 is 19.9 Å². The second-order valence-electron chi connectivity index (χ2n) is 6.17. The van der Waals surface area contributed by atoms with Gasteiger partial charge in [0, 0.05) is 6.54 Å². The first-order valence-electron chi connectivity index (χ1n) is 8.46. The summed E-state index contributed by atoms with van der Waals surface area (Å²) >= 11 is 0. The molecule has 1 unspecified atom stereocenters. The molecular formula is C20H25NO3. The highest BCUT2D eigenvalue weighted by Crippen LogP contribution is 2.37. The second-order valence-corrected chi connectivity index (χ2v) is 6.17. The van der Waals surface area contributed by atoms with Gasteiger partial charge in [0.05, 0.1) is 25.9 Å². The molecular weight excluding hydrogens is 302 g/mol. The molecule has 1 atom stereocenters. The molecule has 0 fully saturated rings. The molecule has 0 radical (unpaired) electrons. The molecule has 24 heavy (non-hydrogen) atoms. The van der Waals surface area contributed by atoms with Crippen LogP contribution >= 0.6 is 0 Å². The van der Waals surface area contributed by atoms with Gasteiger partial charge in [-0.25, -0.2) is 0 Å². The van der Waals surface area contributed by atoms with Gasteiger partial charge in [-0.1, -0.05) is 30.3 Å². The zero-order valence-electron chi connectivity index (χ0n) is 14.3. The van der Waals surface area contributed by atoms with E-state index in [1.165, 1.54) is 11.1 Å². The smallest absolute Gasteiger partial charge is 0.161 e. The average Bonchev–Trinajstić information content (AvgIpc) is 3.00. The highest BCUT2D eigenvalue weighted by Gasteiger charge is 2.37. The van der Waals surface area contributed by atoms with E-state index in [4.69, 9.17) is 9.47 Å². The number of benzene rings is 2. The predicted molar refractivity (Wildman–Crippen MR) is 94.5 cm³/mol. The topological polar surface area (TPSA) is 50.7 Å². The van der Waals surface area contributed by atoms with Crippen LogP contribution in [-0.2, 0) is 18.5 Å². The highest BCUT2D eigenvalue weighted by molar-refractivity contribution is 5.43. The molecule has 4 nitrogen and oxygen atoms in total. The highest BCUT2D eigenvalue weighted by atomic mass is 16.5. The van der Waals surface area contributed by atoms with Crippen molar-refractivity contribution in [1.29, 1.82) is 0 Å². The van der Waals surface area contributed by atoms with Crippen molar-refractivity contribution in [2.75, 3.05) is 20.3 Å². The van der Waals surface area contributed by atoms with Gasteiger partial charge in [-0.2, -0.15) is 0 Å². The summed E-state index contributed by atoms with van der Waals surface area (Å²) in [5.74, 6) is 1.49. The van der Waals surface area contributed by atoms with Gasteiger partial charge in [0.25, 0.3) is 0 Å². The number of methoxy groups -OCH3 is 1. The second kappa shape index (κ2) is 7.24. The van der Waals surface area contributed by atoms with Crippen LogP contribution in [0.25, 0.3) is 0 Å². The molecule has 2 N–H and O–H groups in total. The van der Waals surface area contributed by atoms with Gasteiger partial charge in [0.2, 0.25) is 0 Å². The SMILES string of the molecule is CCOc1cc(CNC2(CO)CCc3ccccc32)ccc1OC. The molecule has 0 saturated heterocycles. The van der Waals surface area contributed by atoms with Crippen LogP contribution in [0, 0.1) is 0 Å². The van der Waals surface area contributed by atoms with Crippen molar-refractivity contribution in [3.8, 4) is 11.5 Å². The largest absolute Gasteiger partial charge is 0.493 e. The maximum atomic E-state index is 10.1. The standard InChI is InChI=1S/C20H25NO3/c1-3-24-19-12-15(8-9-18(19)23-2)13-21-20(14-22)11-10-16-6-4-5-7-17(16)20/h4-9,12,21-22H,3,10-11,13-14H2,1-2H3. The fourth-order valence-corrected chi connectivity index (χ4v) is 3.46. The van der Waals surface area contributed by atoms with Crippen LogP contribution in [0.4, 0.5) is 0 Å². The lowest BCUT2D eigenvalue weighted by Gasteiger charge is -2.30. The molecule has 0 bridgehead atoms. The third-order valence-electron chi connectivity index (χ3n) is 4.78. The molecule has 4 heteroatoms. The van der Waals surface area contributed by atoms with Gasteiger partial charge in [-0.3, -0.25) is 0 Å². The van der Waals surface area contributed by atoms with Crippen molar-refractivity contribution in [1.82, 2.24) is 5.32 Å². The maximum absolute atomic E-state index is 10.1. The van der Waals surface area contributed by atoms with E-state index in [2.05, 4.69) is 23.5 Å². The Kier molecular flexibility index (Phi) is 5.07. The van der Waals surface area contributed by atoms with E-state index < -0.39 is 0 Å². The fourth-order valence-electron chi connectivity index (χ4n) is 3.46. The van der Waals surface area contributed by atoms with Gasteiger partial charge >= 0.3 is 0 Å². The lowest BCUT2D eigenvalue weighted by Crippen LogP contribution is -2.43. The van der Waals surface area contributed by atoms with E-state index in [0.717, 1.165) is 29.9 Å². The Hall–Kier alpha value is -2.04. The van der Waals surface area contributed by atoms with Crippen molar-refractivity contribution >= 4 is 0 Å². The van der Waals surface area contributed by atoms with Crippen molar-refractivity contribution in [2.24, 2.45) is 0 Å². The zero-order valence-corrected chi connectivity index (χ0v) is 14.3. The summed E-state index contributed by atoms with van der Waals surface area (Å²) in [5, 5.41) is 13.6. The Morgan fingerprint density at radius 1 is 1.17 bits per heavy atom. The fraction of sp³-hybridized carbons (Fsp3) is 0.400. The molecule has 0 aromatic heterocycles. The van der Waals surface area contributed by atoms with Crippen molar-refractivity contribution in [3.63, 3.8) is 0 Å². The number of ether oxygens (including phenoxy) is 2. The number of aliphatic hydroxyl groups excluding tert-OH is 1. The molecule has 128 valence electrons.